The third kappa shape index (κ3) is 2.71. The van der Waals surface area contributed by atoms with E-state index in [1.165, 1.54) is 32.2 Å². The molecule has 0 aliphatic heterocycles. The lowest BCUT2D eigenvalue weighted by atomic mass is 10.3. The monoisotopic (exact) mass is 231 g/mol. The van der Waals surface area contributed by atoms with Crippen LogP contribution in [0.25, 0.3) is 0 Å². The summed E-state index contributed by atoms with van der Waals surface area (Å²) in [6.45, 7) is 4.26. The molecule has 3 heteroatoms. The molecule has 2 aliphatic rings. The molecule has 0 aromatic carbocycles. The van der Waals surface area contributed by atoms with Gasteiger partial charge in [0.25, 0.3) is 0 Å². The number of nitrogens with zero attached hydrogens (tertiary/aromatic N) is 2. The van der Waals surface area contributed by atoms with Crippen molar-refractivity contribution in [1.29, 1.82) is 0 Å². The zero-order valence-electron chi connectivity index (χ0n) is 10.5. The number of aromatic nitrogens is 1. The van der Waals surface area contributed by atoms with E-state index in [0.717, 1.165) is 30.1 Å². The molecule has 0 bridgehead atoms. The Hall–Kier alpha value is -1.25. The fraction of sp³-hybridized carbons (Fsp3) is 0.643. The molecule has 17 heavy (non-hydrogen) atoms. The van der Waals surface area contributed by atoms with Crippen molar-refractivity contribution in [3.05, 3.63) is 18.2 Å². The predicted molar refractivity (Wildman–Crippen MR) is 71.5 cm³/mol. The summed E-state index contributed by atoms with van der Waals surface area (Å²) >= 11 is 0. The first kappa shape index (κ1) is 10.9. The van der Waals surface area contributed by atoms with E-state index in [9.17, 15) is 0 Å². The second-order valence-electron chi connectivity index (χ2n) is 5.24. The minimum Gasteiger partial charge on any atom is -0.370 e. The first-order valence-electron chi connectivity index (χ1n) is 6.84. The molecular weight excluding hydrogens is 210 g/mol. The molecule has 1 aromatic rings. The highest BCUT2D eigenvalue weighted by atomic mass is 15.2. The normalized spacial score (nSPS) is 19.1. The lowest BCUT2D eigenvalue weighted by Crippen LogP contribution is -2.29. The van der Waals surface area contributed by atoms with Crippen molar-refractivity contribution in [2.45, 2.75) is 38.6 Å². The van der Waals surface area contributed by atoms with Crippen LogP contribution in [0.3, 0.4) is 0 Å². The average molecular weight is 231 g/mol. The van der Waals surface area contributed by atoms with Gasteiger partial charge in [0.1, 0.15) is 11.6 Å². The summed E-state index contributed by atoms with van der Waals surface area (Å²) in [4.78, 5) is 7.25. The van der Waals surface area contributed by atoms with E-state index in [4.69, 9.17) is 4.98 Å². The molecule has 0 saturated heterocycles. The Kier molecular flexibility index (Phi) is 2.91. The van der Waals surface area contributed by atoms with Gasteiger partial charge in [-0.2, -0.15) is 0 Å². The molecule has 1 N–H and O–H groups in total. The van der Waals surface area contributed by atoms with Gasteiger partial charge < -0.3 is 10.2 Å². The maximum atomic E-state index is 4.72. The topological polar surface area (TPSA) is 28.2 Å². The molecule has 0 unspecified atom stereocenters. The zero-order valence-corrected chi connectivity index (χ0v) is 10.5. The van der Waals surface area contributed by atoms with Crippen LogP contribution in [-0.4, -0.2) is 24.1 Å². The van der Waals surface area contributed by atoms with Gasteiger partial charge in [-0.15, -0.1) is 0 Å². The van der Waals surface area contributed by atoms with Gasteiger partial charge in [-0.05, 0) is 50.7 Å². The Morgan fingerprint density at radius 3 is 2.76 bits per heavy atom. The number of pyridine rings is 1. The van der Waals surface area contributed by atoms with Crippen molar-refractivity contribution in [1.82, 2.24) is 4.98 Å². The minimum atomic E-state index is 0.764. The number of rotatable bonds is 6. The van der Waals surface area contributed by atoms with Crippen LogP contribution in [0.5, 0.6) is 0 Å². The largest absolute Gasteiger partial charge is 0.370 e. The first-order valence-corrected chi connectivity index (χ1v) is 6.84. The molecule has 1 heterocycles. The molecule has 0 spiro atoms. The van der Waals surface area contributed by atoms with Crippen LogP contribution in [0.2, 0.25) is 0 Å². The quantitative estimate of drug-likeness (QED) is 0.816. The Labute approximate surface area is 103 Å². The Bertz CT molecular complexity index is 383. The van der Waals surface area contributed by atoms with Crippen molar-refractivity contribution in [2.24, 2.45) is 5.92 Å². The molecule has 2 saturated carbocycles. The molecule has 1 aromatic heterocycles. The molecule has 92 valence electrons. The SMILES string of the molecule is CCNc1cccc(N(CC2CC2)C2CC2)n1. The maximum absolute atomic E-state index is 4.72. The lowest BCUT2D eigenvalue weighted by Gasteiger charge is -2.24. The van der Waals surface area contributed by atoms with E-state index in [0.29, 0.717) is 0 Å². The molecular formula is C14H21N3. The summed E-state index contributed by atoms with van der Waals surface area (Å²) in [5.74, 6) is 3.10. The number of hydrogen-bond donors (Lipinski definition) is 1. The fourth-order valence-electron chi connectivity index (χ4n) is 2.26. The van der Waals surface area contributed by atoms with E-state index < -0.39 is 0 Å². The summed E-state index contributed by atoms with van der Waals surface area (Å²) in [5, 5.41) is 3.29. The highest BCUT2D eigenvalue weighted by Crippen LogP contribution is 2.37. The van der Waals surface area contributed by atoms with Crippen molar-refractivity contribution in [2.75, 3.05) is 23.3 Å². The van der Waals surface area contributed by atoms with E-state index in [2.05, 4.69) is 35.3 Å². The second-order valence-corrected chi connectivity index (χ2v) is 5.24. The highest BCUT2D eigenvalue weighted by Gasteiger charge is 2.34. The number of hydrogen-bond acceptors (Lipinski definition) is 3. The third-order valence-electron chi connectivity index (χ3n) is 3.53. The van der Waals surface area contributed by atoms with Crippen LogP contribution < -0.4 is 10.2 Å². The van der Waals surface area contributed by atoms with E-state index >= 15 is 0 Å². The van der Waals surface area contributed by atoms with Crippen LogP contribution >= 0.6 is 0 Å². The Morgan fingerprint density at radius 1 is 1.29 bits per heavy atom. The molecule has 3 nitrogen and oxygen atoms in total. The fourth-order valence-corrected chi connectivity index (χ4v) is 2.26. The summed E-state index contributed by atoms with van der Waals surface area (Å²) in [6.07, 6.45) is 5.52. The van der Waals surface area contributed by atoms with Crippen molar-refractivity contribution in [3.63, 3.8) is 0 Å². The third-order valence-corrected chi connectivity index (χ3v) is 3.53. The van der Waals surface area contributed by atoms with Gasteiger partial charge in [0.15, 0.2) is 0 Å². The van der Waals surface area contributed by atoms with Gasteiger partial charge >= 0.3 is 0 Å². The van der Waals surface area contributed by atoms with Crippen LogP contribution in [0, 0.1) is 5.92 Å². The minimum absolute atomic E-state index is 0.764. The van der Waals surface area contributed by atoms with Crippen LogP contribution in [0.1, 0.15) is 32.6 Å². The van der Waals surface area contributed by atoms with E-state index in [-0.39, 0.29) is 0 Å². The molecule has 2 fully saturated rings. The van der Waals surface area contributed by atoms with E-state index in [1.807, 2.05) is 0 Å². The van der Waals surface area contributed by atoms with Crippen LogP contribution in [-0.2, 0) is 0 Å². The van der Waals surface area contributed by atoms with Gasteiger partial charge in [-0.25, -0.2) is 4.98 Å². The lowest BCUT2D eigenvalue weighted by molar-refractivity contribution is 0.709. The van der Waals surface area contributed by atoms with Gasteiger partial charge in [0, 0.05) is 19.1 Å². The number of anilines is 2. The molecule has 0 atom stereocenters. The summed E-state index contributed by atoms with van der Waals surface area (Å²) in [7, 11) is 0. The van der Waals surface area contributed by atoms with Crippen molar-refractivity contribution < 1.29 is 0 Å². The molecule has 3 rings (SSSR count). The van der Waals surface area contributed by atoms with Gasteiger partial charge in [-0.3, -0.25) is 0 Å². The molecule has 0 amide bonds. The van der Waals surface area contributed by atoms with Gasteiger partial charge in [0.05, 0.1) is 0 Å². The average Bonchev–Trinajstić information content (AvgIpc) is 3.20. The molecule has 0 radical (unpaired) electrons. The van der Waals surface area contributed by atoms with Crippen molar-refractivity contribution in [3.8, 4) is 0 Å². The summed E-state index contributed by atoms with van der Waals surface area (Å²) in [6, 6.07) is 7.08. The van der Waals surface area contributed by atoms with Crippen LogP contribution in [0.15, 0.2) is 18.2 Å². The smallest absolute Gasteiger partial charge is 0.131 e. The summed E-state index contributed by atoms with van der Waals surface area (Å²) < 4.78 is 0. The summed E-state index contributed by atoms with van der Waals surface area (Å²) in [5.41, 5.74) is 0. The van der Waals surface area contributed by atoms with Crippen LogP contribution in [0.4, 0.5) is 11.6 Å². The molecule has 2 aliphatic carbocycles. The highest BCUT2D eigenvalue weighted by molar-refractivity contribution is 5.48. The first-order chi connectivity index (χ1) is 8.36. The Morgan fingerprint density at radius 2 is 2.12 bits per heavy atom. The Balaban J connectivity index is 1.76. The standard InChI is InChI=1S/C14H21N3/c1-2-15-13-4-3-5-14(16-13)17(12-8-9-12)10-11-6-7-11/h3-5,11-12H,2,6-10H2,1H3,(H,15,16). The van der Waals surface area contributed by atoms with Crippen molar-refractivity contribution >= 4 is 11.6 Å². The second kappa shape index (κ2) is 4.55. The predicted octanol–water partition coefficient (Wildman–Crippen LogP) is 2.89. The van der Waals surface area contributed by atoms with Gasteiger partial charge in [-0.1, -0.05) is 6.07 Å². The maximum Gasteiger partial charge on any atom is 0.131 e. The van der Waals surface area contributed by atoms with E-state index in [1.54, 1.807) is 0 Å². The zero-order chi connectivity index (χ0) is 11.7. The number of nitrogens with one attached hydrogen (secondary N) is 1. The van der Waals surface area contributed by atoms with Gasteiger partial charge in [0.2, 0.25) is 0 Å².